The van der Waals surface area contributed by atoms with Gasteiger partial charge in [-0.05, 0) is 43.7 Å². The van der Waals surface area contributed by atoms with Crippen molar-refractivity contribution in [3.05, 3.63) is 66.2 Å². The fraction of sp³-hybridized carbons (Fsp3) is 0.318. The van der Waals surface area contributed by atoms with Crippen LogP contribution in [0.5, 0.6) is 0 Å². The van der Waals surface area contributed by atoms with Gasteiger partial charge in [0.15, 0.2) is 6.54 Å². The third kappa shape index (κ3) is 4.67. The molecule has 0 bridgehead atoms. The minimum Gasteiger partial charge on any atom is -0.462 e. The summed E-state index contributed by atoms with van der Waals surface area (Å²) in [5.74, 6) is 0.148. The number of aromatic nitrogens is 3. The lowest BCUT2D eigenvalue weighted by Gasteiger charge is -2.30. The summed E-state index contributed by atoms with van der Waals surface area (Å²) in [6, 6.07) is 6.27. The summed E-state index contributed by atoms with van der Waals surface area (Å²) in [6.07, 6.45) is 3.52. The van der Waals surface area contributed by atoms with Gasteiger partial charge in [-0.3, -0.25) is 4.98 Å². The predicted octanol–water partition coefficient (Wildman–Crippen LogP) is 2.74. The molecule has 2 heterocycles. The van der Waals surface area contributed by atoms with E-state index in [1.54, 1.807) is 19.2 Å². The fourth-order valence-electron chi connectivity index (χ4n) is 3.39. The molecule has 0 aliphatic heterocycles. The van der Waals surface area contributed by atoms with Gasteiger partial charge in [0, 0.05) is 12.6 Å². The topological polar surface area (TPSA) is 102 Å². The molecular weight excluding hydrogens is 416 g/mol. The van der Waals surface area contributed by atoms with Gasteiger partial charge in [0.1, 0.15) is 22.8 Å². The highest BCUT2D eigenvalue weighted by Gasteiger charge is 2.40. The molecule has 0 radical (unpaired) electrons. The fourth-order valence-corrected chi connectivity index (χ4v) is 4.89. The summed E-state index contributed by atoms with van der Waals surface area (Å²) in [5, 5.41) is 0. The van der Waals surface area contributed by atoms with Crippen molar-refractivity contribution >= 4 is 27.0 Å². The number of aryl methyl sites for hydroxylation is 1. The molecule has 1 N–H and O–H groups in total. The number of carbonyl (C=O) groups excluding carboxylic acids is 1. The number of benzene rings is 1. The Morgan fingerprint density at radius 2 is 2.13 bits per heavy atom. The number of esters is 1. The Balaban J connectivity index is 1.94. The number of quaternary nitrogens is 1. The first kappa shape index (κ1) is 21.2. The molecular formula is C22H27N4O4S+. The van der Waals surface area contributed by atoms with Crippen LogP contribution in [0.25, 0.3) is 11.0 Å². The maximum Gasteiger partial charge on any atom is 0.362 e. The second-order valence-corrected chi connectivity index (χ2v) is 9.69. The van der Waals surface area contributed by atoms with Gasteiger partial charge in [-0.15, -0.1) is 0 Å². The molecule has 3 aromatic rings. The predicted molar refractivity (Wildman–Crippen MR) is 118 cm³/mol. The second-order valence-electron chi connectivity index (χ2n) is 7.42. The van der Waals surface area contributed by atoms with E-state index < -0.39 is 19.9 Å². The van der Waals surface area contributed by atoms with Gasteiger partial charge in [0.05, 0.1) is 26.2 Å². The van der Waals surface area contributed by atoms with Gasteiger partial charge in [-0.1, -0.05) is 18.7 Å². The van der Waals surface area contributed by atoms with E-state index in [9.17, 15) is 13.2 Å². The van der Waals surface area contributed by atoms with Crippen LogP contribution in [0.4, 0.5) is 0 Å². The molecule has 8 nitrogen and oxygen atoms in total. The van der Waals surface area contributed by atoms with E-state index in [0.717, 1.165) is 28.1 Å². The van der Waals surface area contributed by atoms with Crippen molar-refractivity contribution in [3.8, 4) is 0 Å². The summed E-state index contributed by atoms with van der Waals surface area (Å²) >= 11 is 0. The number of fused-ring (bicyclic) bond motifs is 1. The number of aromatic amines is 1. The molecule has 3 rings (SSSR count). The van der Waals surface area contributed by atoms with Crippen LogP contribution in [0.2, 0.25) is 0 Å². The van der Waals surface area contributed by atoms with Crippen LogP contribution in [0, 0.1) is 6.92 Å². The van der Waals surface area contributed by atoms with E-state index in [2.05, 4.69) is 21.5 Å². The summed E-state index contributed by atoms with van der Waals surface area (Å²) in [7, 11) is -2.66. The van der Waals surface area contributed by atoms with Crippen LogP contribution in [0.1, 0.15) is 25.4 Å². The highest BCUT2D eigenvalue weighted by Crippen LogP contribution is 2.24. The van der Waals surface area contributed by atoms with Crippen LogP contribution in [0.3, 0.4) is 0 Å². The molecule has 2 aromatic heterocycles. The standard InChI is InChI=1S/C22H27N4O4S/c1-5-13-26(4,15-21(27)30-6-2)31(28,29)18-9-7-17(8-10-18)14-20-22-19(11-12-23-20)24-16(3)25-22/h5,7-12H,1,6,13-15H2,2-4H3,(H,24,25)/q+1/i9D. The number of carbonyl (C=O) groups is 1. The summed E-state index contributed by atoms with van der Waals surface area (Å²) < 4.78 is 39.5. The Hall–Kier alpha value is -3.04. The summed E-state index contributed by atoms with van der Waals surface area (Å²) in [4.78, 5) is 23.9. The van der Waals surface area contributed by atoms with Gasteiger partial charge in [-0.25, -0.2) is 13.7 Å². The SMILES string of the molecule is [2H]c1cc(Cc2nccc3[nH]c(C)nc23)ccc1S(=O)(=O)[N+](C)(CC=C)CC(=O)OCC. The molecule has 1 aromatic carbocycles. The largest absolute Gasteiger partial charge is 0.462 e. The molecule has 31 heavy (non-hydrogen) atoms. The highest BCUT2D eigenvalue weighted by molar-refractivity contribution is 7.86. The second kappa shape index (κ2) is 8.99. The number of ether oxygens (including phenoxy) is 1. The third-order valence-electron chi connectivity index (χ3n) is 4.96. The summed E-state index contributed by atoms with van der Waals surface area (Å²) in [5.41, 5.74) is 3.08. The molecule has 0 saturated heterocycles. The summed E-state index contributed by atoms with van der Waals surface area (Å²) in [6.45, 7) is 6.91. The van der Waals surface area contributed by atoms with E-state index in [-0.39, 0.29) is 30.6 Å². The maximum atomic E-state index is 13.4. The van der Waals surface area contributed by atoms with Gasteiger partial charge in [0.2, 0.25) is 0 Å². The highest BCUT2D eigenvalue weighted by atomic mass is 32.2. The van der Waals surface area contributed by atoms with Gasteiger partial charge < -0.3 is 9.72 Å². The Bertz CT molecular complexity index is 1270. The van der Waals surface area contributed by atoms with E-state index in [1.165, 1.54) is 25.3 Å². The molecule has 0 amide bonds. The average Bonchev–Trinajstić information content (AvgIpc) is 3.09. The van der Waals surface area contributed by atoms with E-state index in [4.69, 9.17) is 6.11 Å². The van der Waals surface area contributed by atoms with E-state index in [1.807, 2.05) is 13.0 Å². The molecule has 0 saturated carbocycles. The number of sulfonamides is 1. The van der Waals surface area contributed by atoms with Crippen LogP contribution < -0.4 is 0 Å². The lowest BCUT2D eigenvalue weighted by atomic mass is 10.1. The number of hydrogen-bond acceptors (Lipinski definition) is 6. The van der Waals surface area contributed by atoms with E-state index >= 15 is 0 Å². The smallest absolute Gasteiger partial charge is 0.362 e. The first-order valence-corrected chi connectivity index (χ1v) is 11.3. The first-order chi connectivity index (χ1) is 15.1. The zero-order valence-electron chi connectivity index (χ0n) is 18.9. The molecule has 0 fully saturated rings. The molecule has 164 valence electrons. The number of pyridine rings is 1. The lowest BCUT2D eigenvalue weighted by molar-refractivity contribution is -0.770. The third-order valence-corrected chi connectivity index (χ3v) is 7.21. The molecule has 9 heteroatoms. The van der Waals surface area contributed by atoms with Crippen LogP contribution in [-0.4, -0.2) is 60.0 Å². The van der Waals surface area contributed by atoms with Crippen molar-refractivity contribution in [1.82, 2.24) is 15.0 Å². The number of hydrogen-bond donors (Lipinski definition) is 1. The normalized spacial score (nSPS) is 14.1. The number of rotatable bonds is 9. The van der Waals surface area contributed by atoms with Crippen LogP contribution in [0.15, 0.2) is 54.1 Å². The number of nitrogens with one attached hydrogen (secondary N) is 1. The van der Waals surface area contributed by atoms with E-state index in [0.29, 0.717) is 6.42 Å². The Morgan fingerprint density at radius 1 is 1.35 bits per heavy atom. The minimum atomic E-state index is -4.08. The van der Waals surface area contributed by atoms with Crippen LogP contribution >= 0.6 is 0 Å². The van der Waals surface area contributed by atoms with Crippen molar-refractivity contribution in [2.24, 2.45) is 0 Å². The van der Waals surface area contributed by atoms with Crippen LogP contribution in [-0.2, 0) is 26.0 Å². The monoisotopic (exact) mass is 444 g/mol. The number of nitrogens with zero attached hydrogens (tertiary/aromatic N) is 3. The van der Waals surface area contributed by atoms with Gasteiger partial charge in [-0.2, -0.15) is 8.42 Å². The first-order valence-electron chi connectivity index (χ1n) is 10.4. The molecule has 0 aliphatic carbocycles. The quantitative estimate of drug-likeness (QED) is 0.309. The van der Waals surface area contributed by atoms with Crippen molar-refractivity contribution in [3.63, 3.8) is 0 Å². The Kier molecular flexibility index (Phi) is 6.15. The zero-order chi connectivity index (χ0) is 23.5. The van der Waals surface area contributed by atoms with Gasteiger partial charge >= 0.3 is 16.0 Å². The molecule has 1 atom stereocenters. The van der Waals surface area contributed by atoms with Crippen molar-refractivity contribution in [2.45, 2.75) is 25.2 Å². The van der Waals surface area contributed by atoms with Crippen molar-refractivity contribution < 1.29 is 23.2 Å². The molecule has 0 aliphatic rings. The maximum absolute atomic E-state index is 13.4. The average molecular weight is 445 g/mol. The Labute approximate surface area is 183 Å². The molecule has 0 spiro atoms. The number of H-pyrrole nitrogens is 1. The zero-order valence-corrected chi connectivity index (χ0v) is 18.7. The Morgan fingerprint density at radius 3 is 2.81 bits per heavy atom. The lowest BCUT2D eigenvalue weighted by Crippen LogP contribution is -2.52. The number of imidazole rings is 1. The van der Waals surface area contributed by atoms with Gasteiger partial charge in [0.25, 0.3) is 0 Å². The molecule has 1 unspecified atom stereocenters. The van der Waals surface area contributed by atoms with Crippen molar-refractivity contribution in [1.29, 1.82) is 0 Å². The van der Waals surface area contributed by atoms with Crippen molar-refractivity contribution in [2.75, 3.05) is 26.7 Å². The minimum absolute atomic E-state index is 0.00718. The number of likely N-dealkylation sites (N-methyl/N-ethyl adjacent to an activating group) is 1.